The van der Waals surface area contributed by atoms with E-state index < -0.39 is 11.8 Å². The number of ether oxygens (including phenoxy) is 1. The molecule has 25 heavy (non-hydrogen) atoms. The number of rotatable bonds is 7. The highest BCUT2D eigenvalue weighted by Crippen LogP contribution is 2.22. The SMILES string of the molecule is O=C(Nc1ccc(Oc2ccccc2)cc1)C(=O)N(CCO)CCO. The minimum Gasteiger partial charge on any atom is -0.457 e. The maximum atomic E-state index is 12.0. The smallest absolute Gasteiger partial charge is 0.313 e. The summed E-state index contributed by atoms with van der Waals surface area (Å²) in [5.74, 6) is -0.359. The first kappa shape index (κ1) is 18.4. The molecule has 0 bridgehead atoms. The highest BCUT2D eigenvalue weighted by Gasteiger charge is 2.21. The minimum absolute atomic E-state index is 0.0172. The van der Waals surface area contributed by atoms with Gasteiger partial charge in [-0.05, 0) is 36.4 Å². The van der Waals surface area contributed by atoms with E-state index in [1.807, 2.05) is 30.3 Å². The maximum Gasteiger partial charge on any atom is 0.313 e. The van der Waals surface area contributed by atoms with Crippen LogP contribution in [0.4, 0.5) is 5.69 Å². The first-order valence-electron chi connectivity index (χ1n) is 7.79. The number of aliphatic hydroxyl groups excluding tert-OH is 2. The monoisotopic (exact) mass is 344 g/mol. The number of carbonyl (C=O) groups is 2. The van der Waals surface area contributed by atoms with Crippen molar-refractivity contribution in [2.45, 2.75) is 0 Å². The zero-order chi connectivity index (χ0) is 18.1. The molecule has 0 radical (unpaired) electrons. The summed E-state index contributed by atoms with van der Waals surface area (Å²) in [5, 5.41) is 20.3. The number of aliphatic hydroxyl groups is 2. The third kappa shape index (κ3) is 5.59. The van der Waals surface area contributed by atoms with Crippen LogP contribution in [0.25, 0.3) is 0 Å². The van der Waals surface area contributed by atoms with E-state index in [4.69, 9.17) is 14.9 Å². The normalized spacial score (nSPS) is 10.2. The van der Waals surface area contributed by atoms with Crippen LogP contribution in [0, 0.1) is 0 Å². The van der Waals surface area contributed by atoms with Gasteiger partial charge >= 0.3 is 11.8 Å². The second-order valence-corrected chi connectivity index (χ2v) is 5.13. The topological polar surface area (TPSA) is 99.1 Å². The highest BCUT2D eigenvalue weighted by atomic mass is 16.5. The van der Waals surface area contributed by atoms with Gasteiger partial charge in [-0.3, -0.25) is 9.59 Å². The second kappa shape index (κ2) is 9.41. The number of hydrogen-bond acceptors (Lipinski definition) is 5. The summed E-state index contributed by atoms with van der Waals surface area (Å²) in [6.45, 7) is -0.609. The van der Waals surface area contributed by atoms with Crippen molar-refractivity contribution in [1.29, 1.82) is 0 Å². The summed E-state index contributed by atoms with van der Waals surface area (Å²) in [4.78, 5) is 25.1. The molecule has 2 amide bonds. The molecule has 0 saturated carbocycles. The van der Waals surface area contributed by atoms with Gasteiger partial charge in [-0.1, -0.05) is 18.2 Å². The van der Waals surface area contributed by atoms with Gasteiger partial charge in [0, 0.05) is 18.8 Å². The van der Waals surface area contributed by atoms with Gasteiger partial charge in [0.2, 0.25) is 0 Å². The van der Waals surface area contributed by atoms with Gasteiger partial charge in [-0.15, -0.1) is 0 Å². The van der Waals surface area contributed by atoms with E-state index in [1.165, 1.54) is 0 Å². The van der Waals surface area contributed by atoms with Crippen LogP contribution in [-0.2, 0) is 9.59 Å². The van der Waals surface area contributed by atoms with Crippen molar-refractivity contribution in [3.05, 3.63) is 54.6 Å². The molecule has 0 saturated heterocycles. The van der Waals surface area contributed by atoms with Gasteiger partial charge in [0.05, 0.1) is 13.2 Å². The fourth-order valence-corrected chi connectivity index (χ4v) is 2.12. The van der Waals surface area contributed by atoms with Crippen LogP contribution in [0.2, 0.25) is 0 Å². The molecule has 7 nitrogen and oxygen atoms in total. The molecule has 0 unspecified atom stereocenters. The number of hydrogen-bond donors (Lipinski definition) is 3. The Morgan fingerprint density at radius 3 is 2.00 bits per heavy atom. The fourth-order valence-electron chi connectivity index (χ4n) is 2.12. The lowest BCUT2D eigenvalue weighted by Crippen LogP contribution is -2.42. The summed E-state index contributed by atoms with van der Waals surface area (Å²) in [6.07, 6.45) is 0. The van der Waals surface area contributed by atoms with Gasteiger partial charge in [0.1, 0.15) is 11.5 Å². The molecule has 132 valence electrons. The third-order valence-corrected chi connectivity index (χ3v) is 3.31. The fraction of sp³-hybridized carbons (Fsp3) is 0.222. The number of nitrogens with one attached hydrogen (secondary N) is 1. The number of nitrogens with zero attached hydrogens (tertiary/aromatic N) is 1. The Balaban J connectivity index is 1.95. The summed E-state index contributed by atoms with van der Waals surface area (Å²) < 4.78 is 5.64. The molecule has 0 aliphatic carbocycles. The summed E-state index contributed by atoms with van der Waals surface area (Å²) >= 11 is 0. The van der Waals surface area contributed by atoms with E-state index in [0.29, 0.717) is 17.2 Å². The van der Waals surface area contributed by atoms with E-state index in [1.54, 1.807) is 24.3 Å². The predicted octanol–water partition coefficient (Wildman–Crippen LogP) is 1.23. The molecule has 0 aromatic heterocycles. The van der Waals surface area contributed by atoms with Crippen molar-refractivity contribution in [2.24, 2.45) is 0 Å². The summed E-state index contributed by atoms with van der Waals surface area (Å²) in [7, 11) is 0. The average Bonchev–Trinajstić information content (AvgIpc) is 2.63. The zero-order valence-electron chi connectivity index (χ0n) is 13.6. The molecule has 0 heterocycles. The van der Waals surface area contributed by atoms with Gasteiger partial charge in [-0.2, -0.15) is 0 Å². The summed E-state index contributed by atoms with van der Waals surface area (Å²) in [5.41, 5.74) is 0.437. The first-order chi connectivity index (χ1) is 12.1. The van der Waals surface area contributed by atoms with Crippen LogP contribution in [0.5, 0.6) is 11.5 Å². The van der Waals surface area contributed by atoms with Crippen LogP contribution in [-0.4, -0.2) is 53.2 Å². The molecule has 3 N–H and O–H groups in total. The lowest BCUT2D eigenvalue weighted by Gasteiger charge is -2.19. The van der Waals surface area contributed by atoms with Crippen molar-refractivity contribution in [3.63, 3.8) is 0 Å². The van der Waals surface area contributed by atoms with E-state index >= 15 is 0 Å². The van der Waals surface area contributed by atoms with Gasteiger partial charge in [-0.25, -0.2) is 0 Å². The Labute approximate surface area is 145 Å². The van der Waals surface area contributed by atoms with Crippen LogP contribution in [0.1, 0.15) is 0 Å². The van der Waals surface area contributed by atoms with E-state index in [-0.39, 0.29) is 26.3 Å². The molecule has 0 spiro atoms. The second-order valence-electron chi connectivity index (χ2n) is 5.13. The highest BCUT2D eigenvalue weighted by molar-refractivity contribution is 6.39. The number of benzene rings is 2. The van der Waals surface area contributed by atoms with Crippen LogP contribution in [0.15, 0.2) is 54.6 Å². The van der Waals surface area contributed by atoms with Crippen molar-refractivity contribution in [2.75, 3.05) is 31.6 Å². The van der Waals surface area contributed by atoms with Gasteiger partial charge in [0.25, 0.3) is 0 Å². The summed E-state index contributed by atoms with van der Waals surface area (Å²) in [6, 6.07) is 15.8. The Morgan fingerprint density at radius 2 is 1.44 bits per heavy atom. The Kier molecular flexibility index (Phi) is 6.94. The molecule has 2 aromatic carbocycles. The number of anilines is 1. The number of amides is 2. The molecular formula is C18H20N2O5. The lowest BCUT2D eigenvalue weighted by molar-refractivity contribution is -0.143. The largest absolute Gasteiger partial charge is 0.457 e. The van der Waals surface area contributed by atoms with Crippen molar-refractivity contribution in [3.8, 4) is 11.5 Å². The van der Waals surface area contributed by atoms with Crippen LogP contribution in [0.3, 0.4) is 0 Å². The van der Waals surface area contributed by atoms with Crippen molar-refractivity contribution >= 4 is 17.5 Å². The molecule has 0 atom stereocenters. The Bertz CT molecular complexity index is 682. The van der Waals surface area contributed by atoms with E-state index in [2.05, 4.69) is 5.32 Å². The third-order valence-electron chi connectivity index (χ3n) is 3.31. The van der Waals surface area contributed by atoms with Gasteiger partial charge < -0.3 is 25.2 Å². The minimum atomic E-state index is -0.835. The van der Waals surface area contributed by atoms with Crippen molar-refractivity contribution in [1.82, 2.24) is 4.90 Å². The zero-order valence-corrected chi connectivity index (χ0v) is 13.6. The standard InChI is InChI=1S/C18H20N2O5/c21-12-10-20(11-13-22)18(24)17(23)19-14-6-8-16(9-7-14)25-15-4-2-1-3-5-15/h1-9,21-22H,10-13H2,(H,19,23). The predicted molar refractivity (Wildman–Crippen MR) is 92.3 cm³/mol. The average molecular weight is 344 g/mol. The molecule has 0 aliphatic heterocycles. The molecular weight excluding hydrogens is 324 g/mol. The van der Waals surface area contributed by atoms with E-state index in [9.17, 15) is 9.59 Å². The van der Waals surface area contributed by atoms with Gasteiger partial charge in [0.15, 0.2) is 0 Å². The molecule has 0 aliphatic rings. The van der Waals surface area contributed by atoms with Crippen LogP contribution >= 0.6 is 0 Å². The van der Waals surface area contributed by atoms with Crippen molar-refractivity contribution < 1.29 is 24.5 Å². The lowest BCUT2D eigenvalue weighted by atomic mass is 10.3. The maximum absolute atomic E-state index is 12.0. The first-order valence-corrected chi connectivity index (χ1v) is 7.79. The quantitative estimate of drug-likeness (QED) is 0.656. The molecule has 0 fully saturated rings. The molecule has 2 rings (SSSR count). The molecule has 7 heteroatoms. The Morgan fingerprint density at radius 1 is 0.880 bits per heavy atom. The van der Waals surface area contributed by atoms with E-state index in [0.717, 1.165) is 4.90 Å². The number of para-hydroxylation sites is 1. The van der Waals surface area contributed by atoms with Crippen LogP contribution < -0.4 is 10.1 Å². The number of carbonyl (C=O) groups excluding carboxylic acids is 2. The molecule has 2 aromatic rings. The Hall–Kier alpha value is -2.90.